The van der Waals surface area contributed by atoms with Gasteiger partial charge in [-0.15, -0.1) is 12.4 Å². The topological polar surface area (TPSA) is 32.3 Å². The molecular weight excluding hydrogens is 260 g/mol. The van der Waals surface area contributed by atoms with Gasteiger partial charge in [0.05, 0.1) is 0 Å². The Labute approximate surface area is 123 Å². The number of rotatable bonds is 4. The van der Waals surface area contributed by atoms with Crippen molar-refractivity contribution in [1.82, 2.24) is 10.2 Å². The van der Waals surface area contributed by atoms with Crippen molar-refractivity contribution in [3.8, 4) is 0 Å². The van der Waals surface area contributed by atoms with Crippen LogP contribution in [0.1, 0.15) is 52.4 Å². The quantitative estimate of drug-likeness (QED) is 0.863. The van der Waals surface area contributed by atoms with Gasteiger partial charge in [0, 0.05) is 18.5 Å². The molecule has 0 aromatic carbocycles. The molecule has 2 heterocycles. The number of amides is 1. The Hall–Kier alpha value is -0.280. The van der Waals surface area contributed by atoms with Gasteiger partial charge in [-0.3, -0.25) is 4.79 Å². The van der Waals surface area contributed by atoms with E-state index in [0.717, 1.165) is 38.4 Å². The first-order valence-corrected chi connectivity index (χ1v) is 7.69. The summed E-state index contributed by atoms with van der Waals surface area (Å²) in [5.74, 6) is 1.50. The number of hydrogen-bond acceptors (Lipinski definition) is 2. The fourth-order valence-electron chi connectivity index (χ4n) is 3.26. The Bertz CT molecular complexity index is 277. The van der Waals surface area contributed by atoms with Gasteiger partial charge >= 0.3 is 0 Å². The van der Waals surface area contributed by atoms with Crippen molar-refractivity contribution in [2.24, 2.45) is 11.8 Å². The van der Waals surface area contributed by atoms with Crippen LogP contribution in [0.15, 0.2) is 0 Å². The van der Waals surface area contributed by atoms with Crippen LogP contribution in [0.2, 0.25) is 0 Å². The summed E-state index contributed by atoms with van der Waals surface area (Å²) in [6.45, 7) is 7.58. The maximum atomic E-state index is 12.6. The molecule has 4 heteroatoms. The van der Waals surface area contributed by atoms with E-state index in [-0.39, 0.29) is 12.4 Å². The first kappa shape index (κ1) is 16.8. The van der Waals surface area contributed by atoms with E-state index in [2.05, 4.69) is 24.1 Å². The molecule has 0 saturated carbocycles. The molecule has 19 heavy (non-hydrogen) atoms. The summed E-state index contributed by atoms with van der Waals surface area (Å²) in [5, 5.41) is 3.34. The molecule has 2 fully saturated rings. The molecule has 2 aliphatic rings. The highest BCUT2D eigenvalue weighted by Gasteiger charge is 2.33. The molecule has 2 saturated heterocycles. The Kier molecular flexibility index (Phi) is 7.16. The highest BCUT2D eigenvalue weighted by Crippen LogP contribution is 2.26. The molecule has 1 unspecified atom stereocenters. The second-order valence-corrected chi connectivity index (χ2v) is 6.32. The van der Waals surface area contributed by atoms with Crippen LogP contribution < -0.4 is 5.32 Å². The summed E-state index contributed by atoms with van der Waals surface area (Å²) >= 11 is 0. The summed E-state index contributed by atoms with van der Waals surface area (Å²) in [6, 6.07) is 0.537. The second kappa shape index (κ2) is 8.11. The number of nitrogens with one attached hydrogen (secondary N) is 1. The summed E-state index contributed by atoms with van der Waals surface area (Å²) in [6.07, 6.45) is 6.95. The predicted molar refractivity (Wildman–Crippen MR) is 81.6 cm³/mol. The Morgan fingerprint density at radius 2 is 1.95 bits per heavy atom. The third-order valence-electron chi connectivity index (χ3n) is 4.43. The molecule has 0 aromatic heterocycles. The average Bonchev–Trinajstić information content (AvgIpc) is 2.85. The largest absolute Gasteiger partial charge is 0.339 e. The summed E-state index contributed by atoms with van der Waals surface area (Å²) < 4.78 is 0. The van der Waals surface area contributed by atoms with Gasteiger partial charge in [0.25, 0.3) is 0 Å². The first-order valence-electron chi connectivity index (χ1n) is 7.69. The van der Waals surface area contributed by atoms with Gasteiger partial charge in [-0.1, -0.05) is 13.8 Å². The summed E-state index contributed by atoms with van der Waals surface area (Å²) in [4.78, 5) is 14.8. The molecular formula is C15H29ClN2O. The van der Waals surface area contributed by atoms with Crippen LogP contribution >= 0.6 is 12.4 Å². The van der Waals surface area contributed by atoms with Crippen molar-refractivity contribution in [3.63, 3.8) is 0 Å². The number of halogens is 1. The van der Waals surface area contributed by atoms with E-state index in [1.807, 2.05) is 0 Å². The van der Waals surface area contributed by atoms with Crippen molar-refractivity contribution < 1.29 is 4.79 Å². The van der Waals surface area contributed by atoms with Crippen molar-refractivity contribution in [1.29, 1.82) is 0 Å². The zero-order valence-electron chi connectivity index (χ0n) is 12.4. The van der Waals surface area contributed by atoms with E-state index in [1.54, 1.807) is 0 Å². The maximum Gasteiger partial charge on any atom is 0.226 e. The van der Waals surface area contributed by atoms with Crippen LogP contribution in [0.5, 0.6) is 0 Å². The number of carbonyl (C=O) groups excluding carboxylic acids is 1. The van der Waals surface area contributed by atoms with E-state index in [1.165, 1.54) is 25.7 Å². The Morgan fingerprint density at radius 1 is 1.26 bits per heavy atom. The van der Waals surface area contributed by atoms with E-state index in [4.69, 9.17) is 0 Å². The summed E-state index contributed by atoms with van der Waals surface area (Å²) in [7, 11) is 0. The zero-order valence-corrected chi connectivity index (χ0v) is 13.2. The minimum Gasteiger partial charge on any atom is -0.339 e. The van der Waals surface area contributed by atoms with Crippen molar-refractivity contribution >= 4 is 18.3 Å². The van der Waals surface area contributed by atoms with Gasteiger partial charge in [-0.05, 0) is 57.5 Å². The van der Waals surface area contributed by atoms with E-state index in [0.29, 0.717) is 17.9 Å². The molecule has 1 atom stereocenters. The number of piperidine rings is 1. The second-order valence-electron chi connectivity index (χ2n) is 6.32. The van der Waals surface area contributed by atoms with Crippen LogP contribution in [0.3, 0.4) is 0 Å². The molecule has 1 amide bonds. The molecule has 2 rings (SSSR count). The van der Waals surface area contributed by atoms with Crippen molar-refractivity contribution in [3.05, 3.63) is 0 Å². The highest BCUT2D eigenvalue weighted by atomic mass is 35.5. The van der Waals surface area contributed by atoms with Gasteiger partial charge in [-0.2, -0.15) is 0 Å². The molecule has 0 aliphatic carbocycles. The fourth-order valence-corrected chi connectivity index (χ4v) is 3.26. The average molecular weight is 289 g/mol. The van der Waals surface area contributed by atoms with Crippen molar-refractivity contribution in [2.45, 2.75) is 58.4 Å². The molecule has 3 nitrogen and oxygen atoms in total. The fraction of sp³-hybridized carbons (Fsp3) is 0.933. The highest BCUT2D eigenvalue weighted by molar-refractivity contribution is 5.85. The van der Waals surface area contributed by atoms with E-state index < -0.39 is 0 Å². The lowest BCUT2D eigenvalue weighted by Gasteiger charge is -2.31. The van der Waals surface area contributed by atoms with Crippen LogP contribution in [0.25, 0.3) is 0 Å². The number of hydrogen-bond donors (Lipinski definition) is 1. The normalized spacial score (nSPS) is 24.6. The number of likely N-dealkylation sites (tertiary alicyclic amines) is 1. The van der Waals surface area contributed by atoms with Gasteiger partial charge in [0.1, 0.15) is 0 Å². The van der Waals surface area contributed by atoms with Crippen LogP contribution in [0.4, 0.5) is 0 Å². The lowest BCUT2D eigenvalue weighted by atomic mass is 9.95. The molecule has 2 aliphatic heterocycles. The smallest absolute Gasteiger partial charge is 0.226 e. The van der Waals surface area contributed by atoms with E-state index in [9.17, 15) is 4.79 Å². The summed E-state index contributed by atoms with van der Waals surface area (Å²) in [5.41, 5.74) is 0. The van der Waals surface area contributed by atoms with Gasteiger partial charge in [-0.25, -0.2) is 0 Å². The first-order chi connectivity index (χ1) is 8.68. The lowest BCUT2D eigenvalue weighted by molar-refractivity contribution is -0.137. The SMILES string of the molecule is CC(C)CCC1CCCN1C(=O)C1CCNCC1.Cl. The molecule has 1 N–H and O–H groups in total. The van der Waals surface area contributed by atoms with Gasteiger partial charge in [0.2, 0.25) is 5.91 Å². The number of nitrogens with zero attached hydrogens (tertiary/aromatic N) is 1. The minimum absolute atomic E-state index is 0. The Balaban J connectivity index is 0.00000180. The maximum absolute atomic E-state index is 12.6. The monoisotopic (exact) mass is 288 g/mol. The molecule has 0 spiro atoms. The van der Waals surface area contributed by atoms with Crippen LogP contribution in [-0.2, 0) is 4.79 Å². The zero-order chi connectivity index (χ0) is 13.0. The predicted octanol–water partition coefficient (Wildman–Crippen LogP) is 2.84. The van der Waals surface area contributed by atoms with Crippen LogP contribution in [0, 0.1) is 11.8 Å². The standard InChI is InChI=1S/C15H28N2O.ClH/c1-12(2)5-6-14-4-3-11-17(14)15(18)13-7-9-16-10-8-13;/h12-14,16H,3-11H2,1-2H3;1H. The minimum atomic E-state index is 0. The third kappa shape index (κ3) is 4.64. The van der Waals surface area contributed by atoms with Gasteiger partial charge in [0.15, 0.2) is 0 Å². The van der Waals surface area contributed by atoms with Crippen molar-refractivity contribution in [2.75, 3.05) is 19.6 Å². The lowest BCUT2D eigenvalue weighted by Crippen LogP contribution is -2.43. The van der Waals surface area contributed by atoms with E-state index >= 15 is 0 Å². The molecule has 112 valence electrons. The molecule has 0 aromatic rings. The van der Waals surface area contributed by atoms with Crippen LogP contribution in [-0.4, -0.2) is 36.5 Å². The number of carbonyl (C=O) groups is 1. The molecule has 0 bridgehead atoms. The Morgan fingerprint density at radius 3 is 2.58 bits per heavy atom. The van der Waals surface area contributed by atoms with Gasteiger partial charge < -0.3 is 10.2 Å². The molecule has 0 radical (unpaired) electrons. The third-order valence-corrected chi connectivity index (χ3v) is 4.43.